The summed E-state index contributed by atoms with van der Waals surface area (Å²) in [7, 11) is 3.39. The van der Waals surface area contributed by atoms with Crippen molar-refractivity contribution in [1.29, 1.82) is 0 Å². The molecule has 3 N–H and O–H groups in total. The zero-order chi connectivity index (χ0) is 14.9. The van der Waals surface area contributed by atoms with E-state index in [-0.39, 0.29) is 17.4 Å². The molecule has 19 heavy (non-hydrogen) atoms. The molecule has 6 nitrogen and oxygen atoms in total. The second-order valence-corrected chi connectivity index (χ2v) is 5.26. The van der Waals surface area contributed by atoms with E-state index in [2.05, 4.69) is 20.9 Å². The second kappa shape index (κ2) is 8.74. The standard InChI is InChI=1S/C13H28N4O2/c1-10(2)11(18)15-7-8-16-12(14-5)17-9-13(3,4)19-6/h10H,7-9H2,1-6H3,(H,15,18)(H2,14,16,17). The van der Waals surface area contributed by atoms with E-state index >= 15 is 0 Å². The van der Waals surface area contributed by atoms with Crippen molar-refractivity contribution >= 4 is 11.9 Å². The Bertz CT molecular complexity index is 301. The van der Waals surface area contributed by atoms with E-state index in [9.17, 15) is 4.79 Å². The Kier molecular flexibility index (Phi) is 8.14. The van der Waals surface area contributed by atoms with Crippen LogP contribution in [-0.4, -0.2) is 51.3 Å². The van der Waals surface area contributed by atoms with Crippen molar-refractivity contribution < 1.29 is 9.53 Å². The van der Waals surface area contributed by atoms with E-state index in [0.717, 1.165) is 0 Å². The molecule has 0 aliphatic carbocycles. The van der Waals surface area contributed by atoms with Crippen LogP contribution >= 0.6 is 0 Å². The molecule has 0 rings (SSSR count). The van der Waals surface area contributed by atoms with Crippen LogP contribution in [0.3, 0.4) is 0 Å². The van der Waals surface area contributed by atoms with Crippen LogP contribution in [-0.2, 0) is 9.53 Å². The van der Waals surface area contributed by atoms with Crippen LogP contribution in [0.2, 0.25) is 0 Å². The van der Waals surface area contributed by atoms with Crippen molar-refractivity contribution in [2.45, 2.75) is 33.3 Å². The average Bonchev–Trinajstić information content (AvgIpc) is 2.37. The van der Waals surface area contributed by atoms with Gasteiger partial charge in [0.2, 0.25) is 5.91 Å². The predicted octanol–water partition coefficient (Wildman–Crippen LogP) is 0.349. The summed E-state index contributed by atoms with van der Waals surface area (Å²) < 4.78 is 5.31. The highest BCUT2D eigenvalue weighted by Gasteiger charge is 2.16. The number of aliphatic imine (C=N–C) groups is 1. The lowest BCUT2D eigenvalue weighted by Crippen LogP contribution is -2.47. The van der Waals surface area contributed by atoms with Gasteiger partial charge in [0.05, 0.1) is 5.60 Å². The highest BCUT2D eigenvalue weighted by atomic mass is 16.5. The molecule has 6 heteroatoms. The van der Waals surface area contributed by atoms with Gasteiger partial charge in [0, 0.05) is 39.7 Å². The van der Waals surface area contributed by atoms with E-state index in [4.69, 9.17) is 4.74 Å². The minimum atomic E-state index is -0.247. The van der Waals surface area contributed by atoms with Gasteiger partial charge in [0.15, 0.2) is 5.96 Å². The topological polar surface area (TPSA) is 74.8 Å². The Hall–Kier alpha value is -1.30. The molecule has 0 aromatic rings. The number of methoxy groups -OCH3 is 1. The summed E-state index contributed by atoms with van der Waals surface area (Å²) in [6.07, 6.45) is 0. The Labute approximate surface area is 116 Å². The molecule has 0 saturated carbocycles. The van der Waals surface area contributed by atoms with Gasteiger partial charge >= 0.3 is 0 Å². The molecule has 0 radical (unpaired) electrons. The molecule has 0 aliphatic rings. The van der Waals surface area contributed by atoms with Gasteiger partial charge < -0.3 is 20.7 Å². The fraction of sp³-hybridized carbons (Fsp3) is 0.846. The van der Waals surface area contributed by atoms with Crippen LogP contribution in [0, 0.1) is 5.92 Å². The molecule has 0 aromatic carbocycles. The lowest BCUT2D eigenvalue weighted by molar-refractivity contribution is -0.123. The summed E-state index contributed by atoms with van der Waals surface area (Å²) in [6, 6.07) is 0. The normalized spacial score (nSPS) is 12.5. The molecule has 1 amide bonds. The van der Waals surface area contributed by atoms with Gasteiger partial charge in [-0.1, -0.05) is 13.8 Å². The highest BCUT2D eigenvalue weighted by molar-refractivity contribution is 5.80. The number of carbonyl (C=O) groups is 1. The fourth-order valence-corrected chi connectivity index (χ4v) is 1.16. The third-order valence-electron chi connectivity index (χ3n) is 2.70. The van der Waals surface area contributed by atoms with Crippen molar-refractivity contribution in [3.63, 3.8) is 0 Å². The number of hydrogen-bond donors (Lipinski definition) is 3. The van der Waals surface area contributed by atoms with Crippen LogP contribution in [0.25, 0.3) is 0 Å². The van der Waals surface area contributed by atoms with E-state index < -0.39 is 0 Å². The van der Waals surface area contributed by atoms with E-state index in [1.54, 1.807) is 14.2 Å². The first kappa shape index (κ1) is 17.7. The molecule has 0 aliphatic heterocycles. The first-order chi connectivity index (χ1) is 8.82. The molecular weight excluding hydrogens is 244 g/mol. The number of rotatable bonds is 7. The third kappa shape index (κ3) is 8.42. The summed E-state index contributed by atoms with van der Waals surface area (Å²) in [5, 5.41) is 9.14. The molecule has 0 saturated heterocycles. The first-order valence-electron chi connectivity index (χ1n) is 6.59. The lowest BCUT2D eigenvalue weighted by Gasteiger charge is -2.24. The van der Waals surface area contributed by atoms with Gasteiger partial charge in [0.1, 0.15) is 0 Å². The zero-order valence-corrected chi connectivity index (χ0v) is 13.0. The van der Waals surface area contributed by atoms with Crippen LogP contribution in [0.15, 0.2) is 4.99 Å². The number of amides is 1. The monoisotopic (exact) mass is 272 g/mol. The molecule has 0 spiro atoms. The number of ether oxygens (including phenoxy) is 1. The number of nitrogens with one attached hydrogen (secondary N) is 3. The largest absolute Gasteiger partial charge is 0.377 e. The first-order valence-corrected chi connectivity index (χ1v) is 6.59. The number of carbonyl (C=O) groups excluding carboxylic acids is 1. The second-order valence-electron chi connectivity index (χ2n) is 5.26. The van der Waals surface area contributed by atoms with Gasteiger partial charge in [-0.05, 0) is 13.8 Å². The maximum Gasteiger partial charge on any atom is 0.222 e. The number of nitrogens with zero attached hydrogens (tertiary/aromatic N) is 1. The van der Waals surface area contributed by atoms with Crippen molar-refractivity contribution in [2.75, 3.05) is 33.8 Å². The molecule has 0 atom stereocenters. The Balaban J connectivity index is 3.87. The summed E-state index contributed by atoms with van der Waals surface area (Å²) in [5.41, 5.74) is -0.247. The van der Waals surface area contributed by atoms with Crippen molar-refractivity contribution in [3.8, 4) is 0 Å². The van der Waals surface area contributed by atoms with Gasteiger partial charge in [0.25, 0.3) is 0 Å². The van der Waals surface area contributed by atoms with E-state index in [0.29, 0.717) is 25.6 Å². The quantitative estimate of drug-likeness (QED) is 0.355. The van der Waals surface area contributed by atoms with E-state index in [1.165, 1.54) is 0 Å². The van der Waals surface area contributed by atoms with Gasteiger partial charge in [-0.25, -0.2) is 0 Å². The molecule has 0 aromatic heterocycles. The molecular formula is C13H28N4O2. The molecule has 0 unspecified atom stereocenters. The minimum Gasteiger partial charge on any atom is -0.377 e. The van der Waals surface area contributed by atoms with E-state index in [1.807, 2.05) is 27.7 Å². The predicted molar refractivity (Wildman–Crippen MR) is 78.3 cm³/mol. The maximum absolute atomic E-state index is 11.4. The third-order valence-corrected chi connectivity index (χ3v) is 2.70. The summed E-state index contributed by atoms with van der Waals surface area (Å²) in [5.74, 6) is 0.772. The Morgan fingerprint density at radius 2 is 1.79 bits per heavy atom. The van der Waals surface area contributed by atoms with Gasteiger partial charge in [-0.15, -0.1) is 0 Å². The highest BCUT2D eigenvalue weighted by Crippen LogP contribution is 2.04. The summed E-state index contributed by atoms with van der Waals surface area (Å²) in [4.78, 5) is 15.5. The molecule has 112 valence electrons. The maximum atomic E-state index is 11.4. The fourth-order valence-electron chi connectivity index (χ4n) is 1.16. The molecule has 0 heterocycles. The van der Waals surface area contributed by atoms with Crippen molar-refractivity contribution in [1.82, 2.24) is 16.0 Å². The van der Waals surface area contributed by atoms with Crippen LogP contribution in [0.5, 0.6) is 0 Å². The van der Waals surface area contributed by atoms with Crippen LogP contribution in [0.4, 0.5) is 0 Å². The number of hydrogen-bond acceptors (Lipinski definition) is 3. The minimum absolute atomic E-state index is 0.0138. The van der Waals surface area contributed by atoms with Gasteiger partial charge in [-0.3, -0.25) is 9.79 Å². The SMILES string of the molecule is CN=C(NCCNC(=O)C(C)C)NCC(C)(C)OC. The summed E-state index contributed by atoms with van der Waals surface area (Å²) >= 11 is 0. The average molecular weight is 272 g/mol. The Morgan fingerprint density at radius 1 is 1.21 bits per heavy atom. The number of guanidine groups is 1. The Morgan fingerprint density at radius 3 is 2.26 bits per heavy atom. The van der Waals surface area contributed by atoms with Crippen LogP contribution in [0.1, 0.15) is 27.7 Å². The lowest BCUT2D eigenvalue weighted by atomic mass is 10.1. The molecule has 0 fully saturated rings. The van der Waals surface area contributed by atoms with Crippen LogP contribution < -0.4 is 16.0 Å². The smallest absolute Gasteiger partial charge is 0.222 e. The molecule has 0 bridgehead atoms. The van der Waals surface area contributed by atoms with Crippen molar-refractivity contribution in [3.05, 3.63) is 0 Å². The van der Waals surface area contributed by atoms with Crippen molar-refractivity contribution in [2.24, 2.45) is 10.9 Å². The van der Waals surface area contributed by atoms with Gasteiger partial charge in [-0.2, -0.15) is 0 Å². The summed E-state index contributed by atoms with van der Waals surface area (Å²) in [6.45, 7) is 9.59. The zero-order valence-electron chi connectivity index (χ0n) is 13.0.